The highest BCUT2D eigenvalue weighted by Crippen LogP contribution is 2.60. The fraction of sp³-hybridized carbons (Fsp3) is 0.316. The molecule has 0 fully saturated rings. The third-order valence-electron chi connectivity index (χ3n) is 3.66. The average molecular weight is 377 g/mol. The number of hydrogen-bond donors (Lipinski definition) is 1. The van der Waals surface area contributed by atoms with E-state index in [0.29, 0.717) is 11.3 Å². The third kappa shape index (κ3) is 4.94. The average Bonchev–Trinajstić information content (AvgIpc) is 2.67. The minimum Gasteiger partial charge on any atom is -0.465 e. The van der Waals surface area contributed by atoms with E-state index in [0.717, 1.165) is 5.56 Å². The van der Waals surface area contributed by atoms with Gasteiger partial charge in [0.25, 0.3) is 0 Å². The Labute approximate surface area is 154 Å². The first-order chi connectivity index (χ1) is 12.5. The van der Waals surface area contributed by atoms with Crippen LogP contribution in [0.3, 0.4) is 0 Å². The van der Waals surface area contributed by atoms with Crippen molar-refractivity contribution in [3.05, 3.63) is 65.7 Å². The maximum Gasteiger partial charge on any atom is 0.357 e. The number of methoxy groups -OCH3 is 1. The standard InChI is InChI=1S/C19H24NO5P/c1-4-24-26(22,25-5-2)18(15-9-7-6-8-10-15)20-17-13-11-16(12-14-17)19(21)23-3/h6-14,18,20H,4-5H2,1-3H3. The van der Waals surface area contributed by atoms with Crippen molar-refractivity contribution in [3.8, 4) is 0 Å². The molecule has 0 radical (unpaired) electrons. The Morgan fingerprint density at radius 2 is 1.58 bits per heavy atom. The van der Waals surface area contributed by atoms with Crippen molar-refractivity contribution in [2.75, 3.05) is 25.6 Å². The molecule has 0 aliphatic heterocycles. The Kier molecular flexibility index (Phi) is 7.39. The molecule has 1 N–H and O–H groups in total. The SMILES string of the molecule is CCOP(=O)(OCC)C(Nc1ccc(C(=O)OC)cc1)c1ccccc1. The maximum atomic E-state index is 13.4. The van der Waals surface area contributed by atoms with Gasteiger partial charge >= 0.3 is 13.6 Å². The van der Waals surface area contributed by atoms with Gasteiger partial charge in [0.1, 0.15) is 0 Å². The van der Waals surface area contributed by atoms with Crippen LogP contribution in [0.25, 0.3) is 0 Å². The second-order valence-corrected chi connectivity index (χ2v) is 7.51. The number of benzene rings is 2. The van der Waals surface area contributed by atoms with Crippen molar-refractivity contribution in [2.24, 2.45) is 0 Å². The maximum absolute atomic E-state index is 13.4. The Hall–Kier alpha value is -2.14. The van der Waals surface area contributed by atoms with Crippen LogP contribution in [0.5, 0.6) is 0 Å². The summed E-state index contributed by atoms with van der Waals surface area (Å²) in [5.74, 6) is -1.09. The van der Waals surface area contributed by atoms with Gasteiger partial charge in [-0.3, -0.25) is 4.57 Å². The van der Waals surface area contributed by atoms with Crippen LogP contribution in [0.15, 0.2) is 54.6 Å². The van der Waals surface area contributed by atoms with E-state index in [2.05, 4.69) is 5.32 Å². The van der Waals surface area contributed by atoms with Crippen molar-refractivity contribution in [2.45, 2.75) is 19.6 Å². The molecule has 0 aliphatic carbocycles. The van der Waals surface area contributed by atoms with Crippen LogP contribution in [0, 0.1) is 0 Å². The number of ether oxygens (including phenoxy) is 1. The number of esters is 1. The largest absolute Gasteiger partial charge is 0.465 e. The number of anilines is 1. The lowest BCUT2D eigenvalue weighted by Gasteiger charge is -2.28. The summed E-state index contributed by atoms with van der Waals surface area (Å²) >= 11 is 0. The van der Waals surface area contributed by atoms with Gasteiger partial charge in [0.15, 0.2) is 5.78 Å². The summed E-state index contributed by atoms with van der Waals surface area (Å²) in [6, 6.07) is 16.1. The highest BCUT2D eigenvalue weighted by Gasteiger charge is 2.37. The Bertz CT molecular complexity index is 738. The lowest BCUT2D eigenvalue weighted by molar-refractivity contribution is 0.0600. The molecule has 0 bridgehead atoms. The topological polar surface area (TPSA) is 73.9 Å². The first-order valence-corrected chi connectivity index (χ1v) is 10.0. The van der Waals surface area contributed by atoms with Gasteiger partial charge in [0.05, 0.1) is 25.9 Å². The van der Waals surface area contributed by atoms with Crippen LogP contribution < -0.4 is 5.32 Å². The summed E-state index contributed by atoms with van der Waals surface area (Å²) < 4.78 is 29.1. The molecule has 0 saturated heterocycles. The molecule has 7 heteroatoms. The molecule has 0 spiro atoms. The second kappa shape index (κ2) is 9.53. The van der Waals surface area contributed by atoms with E-state index in [9.17, 15) is 9.36 Å². The van der Waals surface area contributed by atoms with Gasteiger partial charge in [-0.1, -0.05) is 30.3 Å². The van der Waals surface area contributed by atoms with Gasteiger partial charge in [-0.15, -0.1) is 0 Å². The van der Waals surface area contributed by atoms with E-state index < -0.39 is 19.3 Å². The van der Waals surface area contributed by atoms with Crippen molar-refractivity contribution in [3.63, 3.8) is 0 Å². The van der Waals surface area contributed by atoms with E-state index in [1.807, 2.05) is 30.3 Å². The molecule has 6 nitrogen and oxygen atoms in total. The zero-order valence-corrected chi connectivity index (χ0v) is 16.1. The molecule has 0 amide bonds. The zero-order chi connectivity index (χ0) is 19.0. The Balaban J connectivity index is 2.35. The molecule has 1 atom stereocenters. The molecule has 26 heavy (non-hydrogen) atoms. The predicted octanol–water partition coefficient (Wildman–Crippen LogP) is 4.85. The number of carbonyl (C=O) groups is 1. The van der Waals surface area contributed by atoms with Crippen LogP contribution in [-0.4, -0.2) is 26.3 Å². The summed E-state index contributed by atoms with van der Waals surface area (Å²) in [6.07, 6.45) is 0. The molecule has 2 aromatic carbocycles. The fourth-order valence-corrected chi connectivity index (χ4v) is 4.44. The van der Waals surface area contributed by atoms with Crippen LogP contribution in [0.1, 0.15) is 35.6 Å². The molecule has 2 aromatic rings. The lowest BCUT2D eigenvalue weighted by Crippen LogP contribution is -2.15. The quantitative estimate of drug-likeness (QED) is 0.497. The molecule has 0 aromatic heterocycles. The molecular weight excluding hydrogens is 353 g/mol. The van der Waals surface area contributed by atoms with Gasteiger partial charge in [-0.25, -0.2) is 4.79 Å². The monoisotopic (exact) mass is 377 g/mol. The number of nitrogens with one attached hydrogen (secondary N) is 1. The fourth-order valence-electron chi connectivity index (χ4n) is 2.50. The molecule has 1 unspecified atom stereocenters. The van der Waals surface area contributed by atoms with E-state index in [4.69, 9.17) is 13.8 Å². The number of rotatable bonds is 9. The Morgan fingerprint density at radius 3 is 2.08 bits per heavy atom. The summed E-state index contributed by atoms with van der Waals surface area (Å²) in [5, 5.41) is 3.22. The van der Waals surface area contributed by atoms with Crippen molar-refractivity contribution >= 4 is 19.3 Å². The molecule has 0 heterocycles. The van der Waals surface area contributed by atoms with E-state index in [-0.39, 0.29) is 13.2 Å². The zero-order valence-electron chi connectivity index (χ0n) is 15.2. The smallest absolute Gasteiger partial charge is 0.357 e. The highest BCUT2D eigenvalue weighted by atomic mass is 31.2. The summed E-state index contributed by atoms with van der Waals surface area (Å²) in [4.78, 5) is 11.6. The van der Waals surface area contributed by atoms with Gasteiger partial charge in [0, 0.05) is 5.69 Å². The first-order valence-electron chi connectivity index (χ1n) is 8.42. The molecule has 2 rings (SSSR count). The van der Waals surface area contributed by atoms with Gasteiger partial charge < -0.3 is 19.1 Å². The van der Waals surface area contributed by atoms with E-state index in [1.54, 1.807) is 38.1 Å². The van der Waals surface area contributed by atoms with Crippen molar-refractivity contribution in [1.29, 1.82) is 0 Å². The van der Waals surface area contributed by atoms with Crippen LogP contribution in [0.4, 0.5) is 5.69 Å². The van der Waals surface area contributed by atoms with Crippen LogP contribution in [0.2, 0.25) is 0 Å². The second-order valence-electron chi connectivity index (χ2n) is 5.40. The molecule has 140 valence electrons. The van der Waals surface area contributed by atoms with E-state index in [1.165, 1.54) is 7.11 Å². The number of hydrogen-bond acceptors (Lipinski definition) is 6. The van der Waals surface area contributed by atoms with Gasteiger partial charge in [0.2, 0.25) is 0 Å². The summed E-state index contributed by atoms with van der Waals surface area (Å²) in [7, 11) is -2.12. The molecular formula is C19H24NO5P. The Morgan fingerprint density at radius 1 is 1.00 bits per heavy atom. The third-order valence-corrected chi connectivity index (χ3v) is 5.95. The molecule has 0 saturated carbocycles. The number of carbonyl (C=O) groups excluding carboxylic acids is 1. The lowest BCUT2D eigenvalue weighted by atomic mass is 10.2. The van der Waals surface area contributed by atoms with Crippen LogP contribution in [-0.2, 0) is 18.3 Å². The highest BCUT2D eigenvalue weighted by molar-refractivity contribution is 7.54. The van der Waals surface area contributed by atoms with Gasteiger partial charge in [-0.05, 0) is 43.7 Å². The molecule has 0 aliphatic rings. The van der Waals surface area contributed by atoms with Crippen molar-refractivity contribution < 1.29 is 23.1 Å². The van der Waals surface area contributed by atoms with Crippen LogP contribution >= 0.6 is 7.60 Å². The first kappa shape index (κ1) is 20.2. The summed E-state index contributed by atoms with van der Waals surface area (Å²) in [6.45, 7) is 4.09. The van der Waals surface area contributed by atoms with Crippen molar-refractivity contribution in [1.82, 2.24) is 0 Å². The van der Waals surface area contributed by atoms with E-state index >= 15 is 0 Å². The normalized spacial score (nSPS) is 12.4. The minimum absolute atomic E-state index is 0.267. The van der Waals surface area contributed by atoms with Gasteiger partial charge in [-0.2, -0.15) is 0 Å². The predicted molar refractivity (Wildman–Crippen MR) is 101 cm³/mol. The minimum atomic E-state index is -3.46. The summed E-state index contributed by atoms with van der Waals surface area (Å²) in [5.41, 5.74) is 1.91.